The first-order valence-corrected chi connectivity index (χ1v) is 6.08. The molecule has 0 atom stereocenters. The van der Waals surface area contributed by atoms with Gasteiger partial charge in [0.15, 0.2) is 0 Å². The van der Waals surface area contributed by atoms with Crippen LogP contribution in [0.3, 0.4) is 0 Å². The Labute approximate surface area is 115 Å². The number of benzene rings is 1. The van der Waals surface area contributed by atoms with Crippen LogP contribution in [0.25, 0.3) is 0 Å². The summed E-state index contributed by atoms with van der Waals surface area (Å²) in [7, 11) is 1.54. The minimum absolute atomic E-state index is 0.116. The monoisotopic (exact) mass is 291 g/mol. The summed E-state index contributed by atoms with van der Waals surface area (Å²) in [5.41, 5.74) is 6.51. The van der Waals surface area contributed by atoms with Crippen LogP contribution in [0.5, 0.6) is 0 Å². The summed E-state index contributed by atoms with van der Waals surface area (Å²) < 4.78 is 24.2. The minimum atomic E-state index is -2.40. The number of halogens is 3. The van der Waals surface area contributed by atoms with E-state index in [1.54, 1.807) is 12.1 Å². The fraction of sp³-hybridized carbons (Fsp3) is 0.417. The predicted octanol–water partition coefficient (Wildman–Crippen LogP) is 2.45. The lowest BCUT2D eigenvalue weighted by Crippen LogP contribution is -2.28. The second kappa shape index (κ2) is 7.25. The first-order valence-electron chi connectivity index (χ1n) is 5.70. The Balaban J connectivity index is 2.43. The Morgan fingerprint density at radius 2 is 2.21 bits per heavy atom. The molecule has 0 unspecified atom stereocenters. The molecule has 0 aliphatic heterocycles. The number of carbonyl (C=O) groups excluding carboxylic acids is 1. The summed E-state index contributed by atoms with van der Waals surface area (Å²) in [6, 6.07) is 4.73. The molecule has 0 bridgehead atoms. The summed E-state index contributed by atoms with van der Waals surface area (Å²) in [5, 5.41) is 3.09. The zero-order valence-electron chi connectivity index (χ0n) is 10.5. The second-order valence-corrected chi connectivity index (χ2v) is 4.62. The van der Waals surface area contributed by atoms with Gasteiger partial charge in [0.2, 0.25) is 5.91 Å². The molecule has 0 radical (unpaired) electrons. The number of nitrogen functional groups attached to an aromatic ring is 1. The molecular weight excluding hydrogens is 276 g/mol. The van der Waals surface area contributed by atoms with E-state index in [0.717, 1.165) is 0 Å². The van der Waals surface area contributed by atoms with Crippen LogP contribution < -0.4 is 11.1 Å². The van der Waals surface area contributed by atoms with Crippen LogP contribution in [0.1, 0.15) is 6.42 Å². The quantitative estimate of drug-likeness (QED) is 0.792. The summed E-state index contributed by atoms with van der Waals surface area (Å²) in [5.74, 6) is -0.282. The van der Waals surface area contributed by atoms with Crippen molar-refractivity contribution < 1.29 is 13.6 Å². The molecule has 1 amide bonds. The normalized spacial score (nSPS) is 11.1. The Hall–Kier alpha value is -1.40. The van der Waals surface area contributed by atoms with Gasteiger partial charge in [-0.2, -0.15) is 0 Å². The Kier molecular flexibility index (Phi) is 5.98. The number of hydrogen-bond donors (Lipinski definition) is 2. The van der Waals surface area contributed by atoms with Gasteiger partial charge >= 0.3 is 0 Å². The van der Waals surface area contributed by atoms with Gasteiger partial charge in [-0.25, -0.2) is 8.78 Å². The van der Waals surface area contributed by atoms with Gasteiger partial charge in [0, 0.05) is 18.0 Å². The van der Waals surface area contributed by atoms with E-state index in [0.29, 0.717) is 16.4 Å². The zero-order valence-corrected chi connectivity index (χ0v) is 11.3. The molecule has 1 aromatic carbocycles. The van der Waals surface area contributed by atoms with E-state index in [2.05, 4.69) is 5.32 Å². The van der Waals surface area contributed by atoms with E-state index in [-0.39, 0.29) is 25.4 Å². The van der Waals surface area contributed by atoms with Crippen LogP contribution in [0.4, 0.5) is 20.2 Å². The molecule has 106 valence electrons. The van der Waals surface area contributed by atoms with Crippen molar-refractivity contribution in [3.05, 3.63) is 23.2 Å². The third kappa shape index (κ3) is 5.85. The molecule has 0 heterocycles. The zero-order chi connectivity index (χ0) is 14.4. The molecule has 0 saturated heterocycles. The van der Waals surface area contributed by atoms with Crippen molar-refractivity contribution in [2.24, 2.45) is 0 Å². The Bertz CT molecular complexity index is 443. The number of rotatable bonds is 6. The van der Waals surface area contributed by atoms with Gasteiger partial charge in [-0.05, 0) is 25.2 Å². The maximum atomic E-state index is 12.1. The van der Waals surface area contributed by atoms with E-state index >= 15 is 0 Å². The summed E-state index contributed by atoms with van der Waals surface area (Å²) in [6.45, 7) is -0.0972. The maximum Gasteiger partial charge on any atom is 0.251 e. The molecule has 0 aliphatic rings. The topological polar surface area (TPSA) is 58.4 Å². The number of nitrogens with two attached hydrogens (primary N) is 1. The molecule has 0 aliphatic carbocycles. The molecule has 3 N–H and O–H groups in total. The lowest BCUT2D eigenvalue weighted by atomic mass is 10.2. The molecular formula is C12H16ClF2N3O. The highest BCUT2D eigenvalue weighted by molar-refractivity contribution is 6.31. The van der Waals surface area contributed by atoms with E-state index < -0.39 is 6.43 Å². The molecule has 0 fully saturated rings. The first-order chi connectivity index (χ1) is 8.88. The van der Waals surface area contributed by atoms with Gasteiger partial charge in [-0.15, -0.1) is 0 Å². The van der Waals surface area contributed by atoms with Gasteiger partial charge in [0.05, 0.1) is 17.9 Å². The number of carbonyl (C=O) groups is 1. The fourth-order valence-corrected chi connectivity index (χ4v) is 1.66. The van der Waals surface area contributed by atoms with Crippen LogP contribution in [-0.2, 0) is 4.79 Å². The van der Waals surface area contributed by atoms with Crippen molar-refractivity contribution in [3.8, 4) is 0 Å². The standard InChI is InChI=1S/C12H16ClF2N3O/c1-18(7-11(14)15)5-4-12(19)17-10-3-2-8(13)6-9(10)16/h2-3,6,11H,4-5,7,16H2,1H3,(H,17,19). The fourth-order valence-electron chi connectivity index (χ4n) is 1.48. The van der Waals surface area contributed by atoms with E-state index in [1.807, 2.05) is 0 Å². The summed E-state index contributed by atoms with van der Waals surface area (Å²) in [6.07, 6.45) is -2.29. The second-order valence-electron chi connectivity index (χ2n) is 4.18. The van der Waals surface area contributed by atoms with Crippen molar-refractivity contribution in [3.63, 3.8) is 0 Å². The minimum Gasteiger partial charge on any atom is -0.397 e. The highest BCUT2D eigenvalue weighted by Gasteiger charge is 2.10. The van der Waals surface area contributed by atoms with Crippen LogP contribution in [-0.4, -0.2) is 37.4 Å². The molecule has 19 heavy (non-hydrogen) atoms. The molecule has 7 heteroatoms. The predicted molar refractivity (Wildman–Crippen MR) is 72.6 cm³/mol. The summed E-state index contributed by atoms with van der Waals surface area (Å²) in [4.78, 5) is 13.0. The third-order valence-electron chi connectivity index (χ3n) is 2.46. The van der Waals surface area contributed by atoms with Gasteiger partial charge < -0.3 is 16.0 Å². The molecule has 0 aromatic heterocycles. The lowest BCUT2D eigenvalue weighted by Gasteiger charge is -2.15. The Morgan fingerprint density at radius 1 is 1.53 bits per heavy atom. The average molecular weight is 292 g/mol. The van der Waals surface area contributed by atoms with Gasteiger partial charge in [0.1, 0.15) is 0 Å². The van der Waals surface area contributed by atoms with Crippen molar-refractivity contribution in [1.29, 1.82) is 0 Å². The van der Waals surface area contributed by atoms with Crippen molar-refractivity contribution >= 4 is 28.9 Å². The van der Waals surface area contributed by atoms with Crippen LogP contribution in [0.15, 0.2) is 18.2 Å². The van der Waals surface area contributed by atoms with E-state index in [9.17, 15) is 13.6 Å². The van der Waals surface area contributed by atoms with Crippen LogP contribution >= 0.6 is 11.6 Å². The number of hydrogen-bond acceptors (Lipinski definition) is 3. The Morgan fingerprint density at radius 3 is 2.79 bits per heavy atom. The molecule has 4 nitrogen and oxygen atoms in total. The van der Waals surface area contributed by atoms with Crippen LogP contribution in [0.2, 0.25) is 5.02 Å². The average Bonchev–Trinajstić information content (AvgIpc) is 2.29. The van der Waals surface area contributed by atoms with E-state index in [1.165, 1.54) is 18.0 Å². The highest BCUT2D eigenvalue weighted by Crippen LogP contribution is 2.22. The SMILES string of the molecule is CN(CCC(=O)Nc1ccc(Cl)cc1N)CC(F)F. The summed E-state index contributed by atoms with van der Waals surface area (Å²) >= 11 is 5.73. The maximum absolute atomic E-state index is 12.1. The smallest absolute Gasteiger partial charge is 0.251 e. The van der Waals surface area contributed by atoms with Gasteiger partial charge in [0.25, 0.3) is 6.43 Å². The van der Waals surface area contributed by atoms with Crippen LogP contribution in [0, 0.1) is 0 Å². The van der Waals surface area contributed by atoms with Crippen molar-refractivity contribution in [2.45, 2.75) is 12.8 Å². The lowest BCUT2D eigenvalue weighted by molar-refractivity contribution is -0.116. The van der Waals surface area contributed by atoms with Gasteiger partial charge in [-0.1, -0.05) is 11.6 Å². The third-order valence-corrected chi connectivity index (χ3v) is 2.69. The first kappa shape index (κ1) is 15.7. The number of anilines is 2. The van der Waals surface area contributed by atoms with Gasteiger partial charge in [-0.3, -0.25) is 4.79 Å². The largest absolute Gasteiger partial charge is 0.397 e. The number of nitrogens with one attached hydrogen (secondary N) is 1. The number of alkyl halides is 2. The molecule has 0 saturated carbocycles. The van der Waals surface area contributed by atoms with E-state index in [4.69, 9.17) is 17.3 Å². The van der Waals surface area contributed by atoms with Crippen molar-refractivity contribution in [2.75, 3.05) is 31.2 Å². The number of amides is 1. The van der Waals surface area contributed by atoms with Crippen molar-refractivity contribution in [1.82, 2.24) is 4.90 Å². The number of nitrogens with zero attached hydrogens (tertiary/aromatic N) is 1. The highest BCUT2D eigenvalue weighted by atomic mass is 35.5. The molecule has 1 rings (SSSR count). The molecule has 0 spiro atoms. The molecule has 1 aromatic rings.